The van der Waals surface area contributed by atoms with E-state index in [0.717, 1.165) is 23.0 Å². The van der Waals surface area contributed by atoms with Gasteiger partial charge in [0, 0.05) is 50.2 Å². The molecule has 2 aromatic rings. The first-order chi connectivity index (χ1) is 16.3. The highest BCUT2D eigenvalue weighted by atomic mass is 35.6. The highest BCUT2D eigenvalue weighted by Gasteiger charge is 2.42. The van der Waals surface area contributed by atoms with Gasteiger partial charge in [-0.25, -0.2) is 0 Å². The molecule has 7 nitrogen and oxygen atoms in total. The second-order valence-corrected chi connectivity index (χ2v) is 10.6. The van der Waals surface area contributed by atoms with E-state index in [1.807, 2.05) is 59.5 Å². The Balaban J connectivity index is 1.55. The molecule has 0 bridgehead atoms. The van der Waals surface area contributed by atoms with Crippen molar-refractivity contribution in [2.45, 2.75) is 22.5 Å². The smallest absolute Gasteiger partial charge is 0.245 e. The number of alkyl halides is 3. The highest BCUT2D eigenvalue weighted by molar-refractivity contribution is 7.80. The molecule has 1 saturated heterocycles. The number of hydrogen-bond acceptors (Lipinski definition) is 5. The van der Waals surface area contributed by atoms with Crippen molar-refractivity contribution in [3.8, 4) is 0 Å². The number of carbonyl (C=O) groups is 1. The van der Waals surface area contributed by atoms with Crippen LogP contribution in [0.4, 0.5) is 5.69 Å². The number of rotatable bonds is 5. The van der Waals surface area contributed by atoms with Crippen molar-refractivity contribution in [3.05, 3.63) is 61.0 Å². The molecular weight excluding hydrogens is 515 g/mol. The molecule has 1 amide bonds. The lowest BCUT2D eigenvalue weighted by Gasteiger charge is -2.44. The van der Waals surface area contributed by atoms with Crippen molar-refractivity contribution in [3.63, 3.8) is 0 Å². The van der Waals surface area contributed by atoms with Crippen LogP contribution in [0.5, 0.6) is 0 Å². The molecule has 178 valence electrons. The highest BCUT2D eigenvalue weighted by Crippen LogP contribution is 2.35. The third-order valence-electron chi connectivity index (χ3n) is 5.54. The summed E-state index contributed by atoms with van der Waals surface area (Å²) >= 11 is 24.8. The fourth-order valence-corrected chi connectivity index (χ4v) is 4.80. The maximum Gasteiger partial charge on any atom is 0.245 e. The molecule has 1 aromatic heterocycles. The number of nitrogens with one attached hydrogen (secondary N) is 1. The van der Waals surface area contributed by atoms with Crippen LogP contribution < -0.4 is 10.2 Å². The molecule has 34 heavy (non-hydrogen) atoms. The van der Waals surface area contributed by atoms with Crippen LogP contribution in [0.25, 0.3) is 10.9 Å². The van der Waals surface area contributed by atoms with Crippen LogP contribution in [0, 0.1) is 0 Å². The normalized spacial score (nSPS) is 19.8. The summed E-state index contributed by atoms with van der Waals surface area (Å²) in [5, 5.41) is 4.26. The second kappa shape index (κ2) is 10.5. The number of fused-ring (bicyclic) bond motifs is 1. The number of anilines is 1. The van der Waals surface area contributed by atoms with E-state index < -0.39 is 15.9 Å². The van der Waals surface area contributed by atoms with Gasteiger partial charge in [-0.1, -0.05) is 53.0 Å². The number of carbonyl (C=O) groups excluding carboxylic acids is 1. The number of aliphatic imine (C=N–C) groups is 1. The van der Waals surface area contributed by atoms with E-state index in [1.165, 1.54) is 6.08 Å². The predicted octanol–water partition coefficient (Wildman–Crippen LogP) is 4.26. The van der Waals surface area contributed by atoms with Gasteiger partial charge < -0.3 is 20.0 Å². The van der Waals surface area contributed by atoms with Gasteiger partial charge in [-0.2, -0.15) is 0 Å². The van der Waals surface area contributed by atoms with Gasteiger partial charge in [0.1, 0.15) is 6.17 Å². The zero-order valence-electron chi connectivity index (χ0n) is 18.3. The lowest BCUT2D eigenvalue weighted by molar-refractivity contribution is -0.118. The van der Waals surface area contributed by atoms with Crippen LogP contribution in [0.3, 0.4) is 0 Å². The van der Waals surface area contributed by atoms with Crippen molar-refractivity contribution in [2.75, 3.05) is 25.0 Å². The van der Waals surface area contributed by atoms with Gasteiger partial charge in [-0.3, -0.25) is 14.8 Å². The Morgan fingerprint density at radius 1 is 1.26 bits per heavy atom. The molecule has 1 aromatic carbocycles. The molecule has 11 heteroatoms. The molecule has 2 aliphatic heterocycles. The number of aromatic nitrogens is 1. The molecule has 4 rings (SSSR count). The van der Waals surface area contributed by atoms with Crippen molar-refractivity contribution in [1.29, 1.82) is 0 Å². The van der Waals surface area contributed by atoms with E-state index in [9.17, 15) is 4.79 Å². The van der Waals surface area contributed by atoms with Gasteiger partial charge in [0.05, 0.1) is 11.2 Å². The van der Waals surface area contributed by atoms with Crippen LogP contribution >= 0.6 is 47.0 Å². The van der Waals surface area contributed by atoms with E-state index in [0.29, 0.717) is 18.2 Å². The summed E-state index contributed by atoms with van der Waals surface area (Å²) in [6.07, 6.45) is 9.67. The number of halogens is 3. The van der Waals surface area contributed by atoms with Gasteiger partial charge in [0.15, 0.2) is 11.3 Å². The zero-order chi connectivity index (χ0) is 24.3. The average Bonchev–Trinajstić information content (AvgIpc) is 2.81. The minimum Gasteiger partial charge on any atom is -0.356 e. The number of nitrogens with zero attached hydrogens (tertiary/aromatic N) is 5. The number of amides is 1. The standard InChI is InChI=1S/C23H23Cl3N6OS/c1-30-13-4-12-27-18(30)9-10-19(33)29-21(23(24,25)26)32-15-5-14-31(22(32)34)17-8-2-6-16-7-3-11-28-20(16)17/h2-4,6-13,18,21H,5,14-15H2,1H3,(H,29,33)/b10-9+. The number of benzene rings is 1. The number of likely N-dealkylation sites (N-methyl/N-ethyl adjacent to an activating group) is 1. The molecular formula is C23H23Cl3N6OS. The van der Waals surface area contributed by atoms with Gasteiger partial charge in [0.25, 0.3) is 0 Å². The third-order valence-corrected chi connectivity index (χ3v) is 6.62. The number of thiocarbonyl (C=S) groups is 1. The van der Waals surface area contributed by atoms with Crippen LogP contribution in [-0.4, -0.2) is 68.3 Å². The summed E-state index contributed by atoms with van der Waals surface area (Å²) in [6.45, 7) is 1.21. The molecule has 2 aliphatic rings. The van der Waals surface area contributed by atoms with Gasteiger partial charge in [-0.05, 0) is 42.9 Å². The maximum absolute atomic E-state index is 12.8. The lowest BCUT2D eigenvalue weighted by Crippen LogP contribution is -2.62. The van der Waals surface area contributed by atoms with E-state index in [-0.39, 0.29) is 6.17 Å². The molecule has 1 fully saturated rings. The van der Waals surface area contributed by atoms with Crippen LogP contribution in [0.1, 0.15) is 6.42 Å². The third kappa shape index (κ3) is 5.46. The van der Waals surface area contributed by atoms with Crippen LogP contribution in [-0.2, 0) is 4.79 Å². The summed E-state index contributed by atoms with van der Waals surface area (Å²) < 4.78 is -1.82. The lowest BCUT2D eigenvalue weighted by atomic mass is 10.1. The Morgan fingerprint density at radius 2 is 2.06 bits per heavy atom. The summed E-state index contributed by atoms with van der Waals surface area (Å²) in [5.41, 5.74) is 1.70. The Morgan fingerprint density at radius 3 is 2.82 bits per heavy atom. The quantitative estimate of drug-likeness (QED) is 0.349. The molecule has 2 unspecified atom stereocenters. The van der Waals surface area contributed by atoms with Crippen molar-refractivity contribution in [2.24, 2.45) is 4.99 Å². The molecule has 3 heterocycles. The number of allylic oxidation sites excluding steroid dienone is 1. The van der Waals surface area contributed by atoms with Crippen molar-refractivity contribution < 1.29 is 4.79 Å². The largest absolute Gasteiger partial charge is 0.356 e. The molecule has 1 N–H and O–H groups in total. The average molecular weight is 538 g/mol. The summed E-state index contributed by atoms with van der Waals surface area (Å²) in [5.74, 6) is -0.416. The minimum absolute atomic E-state index is 0.285. The SMILES string of the molecule is CN1C=CC=NC1/C=C/C(=O)NC(N1CCCN(c2cccc3cccnc23)C1=S)C(Cl)(Cl)Cl. The van der Waals surface area contributed by atoms with Gasteiger partial charge in [0.2, 0.25) is 9.70 Å². The minimum atomic E-state index is -1.82. The van der Waals surface area contributed by atoms with E-state index >= 15 is 0 Å². The summed E-state index contributed by atoms with van der Waals surface area (Å²) in [4.78, 5) is 27.2. The molecule has 0 radical (unpaired) electrons. The number of para-hydroxylation sites is 1. The summed E-state index contributed by atoms with van der Waals surface area (Å²) in [6, 6.07) is 9.81. The molecule has 2 atom stereocenters. The Hall–Kier alpha value is -2.39. The summed E-state index contributed by atoms with van der Waals surface area (Å²) in [7, 11) is 1.87. The topological polar surface area (TPSA) is 64.1 Å². The Kier molecular flexibility index (Phi) is 7.62. The van der Waals surface area contributed by atoms with E-state index in [4.69, 9.17) is 47.0 Å². The predicted molar refractivity (Wildman–Crippen MR) is 144 cm³/mol. The molecule has 0 aliphatic carbocycles. The Labute approximate surface area is 218 Å². The van der Waals surface area contributed by atoms with E-state index in [1.54, 1.807) is 23.4 Å². The molecule has 0 spiro atoms. The molecule has 0 saturated carbocycles. The van der Waals surface area contributed by atoms with Crippen molar-refractivity contribution >= 4 is 80.8 Å². The second-order valence-electron chi connectivity index (χ2n) is 7.86. The van der Waals surface area contributed by atoms with Crippen molar-refractivity contribution in [1.82, 2.24) is 20.1 Å². The number of hydrogen-bond donors (Lipinski definition) is 1. The fraction of sp³-hybridized carbons (Fsp3) is 0.304. The van der Waals surface area contributed by atoms with Gasteiger partial charge >= 0.3 is 0 Å². The van der Waals surface area contributed by atoms with Crippen LogP contribution in [0.2, 0.25) is 0 Å². The monoisotopic (exact) mass is 536 g/mol. The maximum atomic E-state index is 12.8. The zero-order valence-corrected chi connectivity index (χ0v) is 21.4. The first-order valence-electron chi connectivity index (χ1n) is 10.6. The van der Waals surface area contributed by atoms with E-state index in [2.05, 4.69) is 15.3 Å². The first-order valence-corrected chi connectivity index (χ1v) is 12.2. The van der Waals surface area contributed by atoms with Crippen LogP contribution in [0.15, 0.2) is 65.9 Å². The number of pyridine rings is 1. The Bertz CT molecular complexity index is 1160. The fourth-order valence-electron chi connectivity index (χ4n) is 3.90. The van der Waals surface area contributed by atoms with Gasteiger partial charge in [-0.15, -0.1) is 0 Å². The first kappa shape index (κ1) is 24.7.